The van der Waals surface area contributed by atoms with Crippen LogP contribution in [0.5, 0.6) is 0 Å². The lowest BCUT2D eigenvalue weighted by atomic mass is 9.45. The van der Waals surface area contributed by atoms with Gasteiger partial charge in [0.2, 0.25) is 0 Å². The van der Waals surface area contributed by atoms with E-state index in [4.69, 9.17) is 4.74 Å². The standard InChI is InChI=1S/C28H33F3O3/c1-26-12-10-20(34-25(33)28(29,30)31)16-19(26)8-9-21-22(26)11-13-27(2)23(21)15-18(24(27)32)14-17-6-4-3-5-7-17/h3-7,14,19-23H,8-13,15-16H2,1-2H3/b18-14-/t19-,20-,21+,22-,23-,26-,27-/m0/s1. The first-order chi connectivity index (χ1) is 16.0. The first-order valence-corrected chi connectivity index (χ1v) is 12.6. The van der Waals surface area contributed by atoms with Crippen LogP contribution >= 0.6 is 0 Å². The van der Waals surface area contributed by atoms with E-state index < -0.39 is 18.2 Å². The highest BCUT2D eigenvalue weighted by molar-refractivity contribution is 6.05. The first-order valence-electron chi connectivity index (χ1n) is 12.6. The van der Waals surface area contributed by atoms with Crippen LogP contribution in [-0.4, -0.2) is 24.0 Å². The van der Waals surface area contributed by atoms with Gasteiger partial charge < -0.3 is 4.74 Å². The van der Waals surface area contributed by atoms with Crippen LogP contribution in [0.2, 0.25) is 0 Å². The number of carbonyl (C=O) groups is 2. The van der Waals surface area contributed by atoms with Crippen molar-refractivity contribution >= 4 is 17.8 Å². The molecule has 6 heteroatoms. The normalized spacial score (nSPS) is 40.9. The van der Waals surface area contributed by atoms with Crippen molar-refractivity contribution < 1.29 is 27.5 Å². The molecule has 0 aromatic heterocycles. The lowest BCUT2D eigenvalue weighted by Crippen LogP contribution is -2.54. The minimum absolute atomic E-state index is 0.0281. The summed E-state index contributed by atoms with van der Waals surface area (Å²) >= 11 is 0. The maximum Gasteiger partial charge on any atom is 0.490 e. The van der Waals surface area contributed by atoms with Gasteiger partial charge in [0, 0.05) is 5.41 Å². The topological polar surface area (TPSA) is 43.4 Å². The van der Waals surface area contributed by atoms with Crippen molar-refractivity contribution in [2.75, 3.05) is 0 Å². The quantitative estimate of drug-likeness (QED) is 0.351. The average molecular weight is 475 g/mol. The van der Waals surface area contributed by atoms with Gasteiger partial charge in [0.25, 0.3) is 0 Å². The van der Waals surface area contributed by atoms with Gasteiger partial charge in [0.15, 0.2) is 5.78 Å². The highest BCUT2D eigenvalue weighted by Gasteiger charge is 2.61. The zero-order valence-corrected chi connectivity index (χ0v) is 19.9. The Bertz CT molecular complexity index is 1000. The van der Waals surface area contributed by atoms with E-state index in [0.717, 1.165) is 49.7 Å². The Hall–Kier alpha value is -2.11. The van der Waals surface area contributed by atoms with Gasteiger partial charge in [0.1, 0.15) is 6.10 Å². The molecule has 4 fully saturated rings. The third-order valence-electron chi connectivity index (χ3n) is 9.90. The van der Waals surface area contributed by atoms with Gasteiger partial charge in [-0.25, -0.2) is 4.79 Å². The Labute approximate surface area is 199 Å². The van der Waals surface area contributed by atoms with E-state index in [1.54, 1.807) is 0 Å². The van der Waals surface area contributed by atoms with E-state index in [-0.39, 0.29) is 16.7 Å². The first kappa shape index (κ1) is 23.6. The zero-order chi connectivity index (χ0) is 24.3. The van der Waals surface area contributed by atoms with Crippen molar-refractivity contribution in [2.45, 2.75) is 77.5 Å². The van der Waals surface area contributed by atoms with E-state index in [2.05, 4.69) is 19.9 Å². The second-order valence-electron chi connectivity index (χ2n) is 11.5. The summed E-state index contributed by atoms with van der Waals surface area (Å²) in [5.41, 5.74) is 1.71. The van der Waals surface area contributed by atoms with Crippen molar-refractivity contribution in [1.82, 2.24) is 0 Å². The molecular weight excluding hydrogens is 441 g/mol. The molecule has 34 heavy (non-hydrogen) atoms. The molecule has 0 N–H and O–H groups in total. The van der Waals surface area contributed by atoms with E-state index in [1.807, 2.05) is 30.3 Å². The third-order valence-corrected chi connectivity index (χ3v) is 9.90. The summed E-state index contributed by atoms with van der Waals surface area (Å²) in [5.74, 6) is -0.255. The molecule has 0 aliphatic heterocycles. The van der Waals surface area contributed by atoms with Crippen molar-refractivity contribution in [3.8, 4) is 0 Å². The van der Waals surface area contributed by atoms with E-state index in [0.29, 0.717) is 36.4 Å². The molecule has 0 bridgehead atoms. The molecule has 5 rings (SSSR count). The highest BCUT2D eigenvalue weighted by atomic mass is 19.4. The van der Waals surface area contributed by atoms with Crippen LogP contribution in [-0.2, 0) is 14.3 Å². The number of ketones is 1. The van der Waals surface area contributed by atoms with Crippen LogP contribution in [0.25, 0.3) is 6.08 Å². The zero-order valence-electron chi connectivity index (χ0n) is 19.9. The second-order valence-corrected chi connectivity index (χ2v) is 11.5. The molecule has 1 aromatic rings. The summed E-state index contributed by atoms with van der Waals surface area (Å²) in [6.07, 6.45) is 2.86. The Balaban J connectivity index is 1.34. The number of carbonyl (C=O) groups excluding carboxylic acids is 2. The molecule has 4 saturated carbocycles. The number of esters is 1. The minimum atomic E-state index is -4.94. The Morgan fingerprint density at radius 1 is 1.03 bits per heavy atom. The summed E-state index contributed by atoms with van der Waals surface area (Å²) in [6, 6.07) is 10.0. The van der Waals surface area contributed by atoms with Gasteiger partial charge in [-0.15, -0.1) is 0 Å². The number of hydrogen-bond acceptors (Lipinski definition) is 3. The molecule has 7 atom stereocenters. The molecule has 0 spiro atoms. The number of Topliss-reactive ketones (excluding diaryl/α,β-unsaturated/α-hetero) is 1. The van der Waals surface area contributed by atoms with Gasteiger partial charge in [0.05, 0.1) is 0 Å². The molecular formula is C28H33F3O3. The van der Waals surface area contributed by atoms with Crippen molar-refractivity contribution in [1.29, 1.82) is 0 Å². The van der Waals surface area contributed by atoms with Crippen LogP contribution in [0.15, 0.2) is 35.9 Å². The summed E-state index contributed by atoms with van der Waals surface area (Å²) in [7, 11) is 0. The Morgan fingerprint density at radius 3 is 2.47 bits per heavy atom. The molecule has 0 amide bonds. The average Bonchev–Trinajstić information content (AvgIpc) is 3.04. The third kappa shape index (κ3) is 3.81. The van der Waals surface area contributed by atoms with E-state index in [9.17, 15) is 22.8 Å². The smallest absolute Gasteiger partial charge is 0.456 e. The summed E-state index contributed by atoms with van der Waals surface area (Å²) in [5, 5.41) is 0. The molecule has 0 heterocycles. The maximum atomic E-state index is 13.5. The predicted octanol–water partition coefficient (Wildman–Crippen LogP) is 6.77. The Morgan fingerprint density at radius 2 is 1.76 bits per heavy atom. The monoisotopic (exact) mass is 474 g/mol. The lowest BCUT2D eigenvalue weighted by molar-refractivity contribution is -0.210. The number of alkyl halides is 3. The fraction of sp³-hybridized carbons (Fsp3) is 0.643. The van der Waals surface area contributed by atoms with Crippen LogP contribution < -0.4 is 0 Å². The van der Waals surface area contributed by atoms with Crippen LogP contribution in [0.4, 0.5) is 13.2 Å². The molecule has 4 aliphatic carbocycles. The molecule has 3 nitrogen and oxygen atoms in total. The number of benzene rings is 1. The fourth-order valence-electron chi connectivity index (χ4n) is 8.09. The van der Waals surface area contributed by atoms with Crippen molar-refractivity contribution in [3.05, 3.63) is 41.5 Å². The molecule has 184 valence electrons. The summed E-state index contributed by atoms with van der Waals surface area (Å²) < 4.78 is 42.9. The van der Waals surface area contributed by atoms with E-state index in [1.165, 1.54) is 0 Å². The minimum Gasteiger partial charge on any atom is -0.456 e. The predicted molar refractivity (Wildman–Crippen MR) is 122 cm³/mol. The summed E-state index contributed by atoms with van der Waals surface area (Å²) in [6.45, 7) is 4.46. The number of halogens is 3. The SMILES string of the molecule is C[C@]12CC[C@H](OC(=O)C(F)(F)F)C[C@@H]1CC[C@@H]1[C@@H]2CC[C@]2(C)C(=O)/C(=C\c3ccccc3)C[C@@H]12. The number of rotatable bonds is 2. The molecule has 4 aliphatic rings. The van der Waals surface area contributed by atoms with Crippen LogP contribution in [0.1, 0.15) is 70.8 Å². The second kappa shape index (κ2) is 8.23. The van der Waals surface area contributed by atoms with Gasteiger partial charge in [-0.1, -0.05) is 44.2 Å². The fourth-order valence-corrected chi connectivity index (χ4v) is 8.09. The summed E-state index contributed by atoms with van der Waals surface area (Å²) in [4.78, 5) is 24.9. The number of fused-ring (bicyclic) bond motifs is 5. The van der Waals surface area contributed by atoms with E-state index >= 15 is 0 Å². The van der Waals surface area contributed by atoms with Crippen LogP contribution in [0, 0.1) is 34.5 Å². The van der Waals surface area contributed by atoms with Gasteiger partial charge in [-0.3, -0.25) is 4.79 Å². The van der Waals surface area contributed by atoms with Gasteiger partial charge in [-0.05, 0) is 97.7 Å². The molecule has 1 aromatic carbocycles. The highest BCUT2D eigenvalue weighted by Crippen LogP contribution is 2.66. The Kier molecular flexibility index (Phi) is 5.72. The van der Waals surface area contributed by atoms with Crippen LogP contribution in [0.3, 0.4) is 0 Å². The lowest BCUT2D eigenvalue weighted by Gasteiger charge is -2.60. The van der Waals surface area contributed by atoms with Crippen molar-refractivity contribution in [2.24, 2.45) is 34.5 Å². The number of allylic oxidation sites excluding steroid dienone is 1. The largest absolute Gasteiger partial charge is 0.490 e. The number of ether oxygens (including phenoxy) is 1. The van der Waals surface area contributed by atoms with Crippen molar-refractivity contribution in [3.63, 3.8) is 0 Å². The van der Waals surface area contributed by atoms with Gasteiger partial charge >= 0.3 is 12.1 Å². The molecule has 0 saturated heterocycles. The molecule has 0 unspecified atom stereocenters. The number of hydrogen-bond donors (Lipinski definition) is 0. The molecule has 0 radical (unpaired) electrons. The maximum absolute atomic E-state index is 13.5. The van der Waals surface area contributed by atoms with Gasteiger partial charge in [-0.2, -0.15) is 13.2 Å².